The van der Waals surface area contributed by atoms with Gasteiger partial charge in [-0.05, 0) is 6.92 Å². The van der Waals surface area contributed by atoms with Crippen molar-refractivity contribution in [3.05, 3.63) is 0 Å². The predicted octanol–water partition coefficient (Wildman–Crippen LogP) is -0.166. The minimum Gasteiger partial charge on any atom is -0.465 e. The molecule has 5 N–H and O–H groups in total. The van der Waals surface area contributed by atoms with Crippen molar-refractivity contribution < 1.29 is 38.5 Å². The second-order valence-corrected chi connectivity index (χ2v) is 9.28. The maximum atomic E-state index is 12.3. The number of amides is 2. The Balaban J connectivity index is 4.62. The van der Waals surface area contributed by atoms with Crippen molar-refractivity contribution in [2.45, 2.75) is 59.2 Å². The first-order valence-electron chi connectivity index (χ1n) is 11.5. The monoisotopic (exact) mass is 507 g/mol. The number of hydrogen-bond acceptors (Lipinski definition) is 10. The molecule has 0 unspecified atom stereocenters. The van der Waals surface area contributed by atoms with E-state index >= 15 is 0 Å². The van der Waals surface area contributed by atoms with Crippen LogP contribution in [-0.4, -0.2) is 91.5 Å². The van der Waals surface area contributed by atoms with Crippen LogP contribution in [0.4, 0.5) is 0 Å². The zero-order chi connectivity index (χ0) is 26.1. The maximum absolute atomic E-state index is 12.3. The van der Waals surface area contributed by atoms with Gasteiger partial charge in [-0.3, -0.25) is 19.2 Å². The Hall–Kier alpha value is -1.89. The number of carbonyl (C=O) groups excluding carboxylic acids is 4. The van der Waals surface area contributed by atoms with Gasteiger partial charge in [-0.2, -0.15) is 11.8 Å². The van der Waals surface area contributed by atoms with E-state index in [1.54, 1.807) is 27.7 Å². The smallest absolute Gasteiger partial charge is 0.308 e. The van der Waals surface area contributed by atoms with Crippen LogP contribution >= 0.6 is 11.8 Å². The lowest BCUT2D eigenvalue weighted by atomic mass is 10.2. The number of carbonyl (C=O) groups is 4. The second-order valence-electron chi connectivity index (χ2n) is 8.20. The van der Waals surface area contributed by atoms with Gasteiger partial charge in [0.2, 0.25) is 11.8 Å². The van der Waals surface area contributed by atoms with Crippen molar-refractivity contribution in [1.82, 2.24) is 10.6 Å². The molecule has 0 bridgehead atoms. The number of rotatable bonds is 18. The zero-order valence-electron chi connectivity index (χ0n) is 20.8. The van der Waals surface area contributed by atoms with Crippen LogP contribution in [0.5, 0.6) is 0 Å². The highest BCUT2D eigenvalue weighted by Crippen LogP contribution is 2.13. The summed E-state index contributed by atoms with van der Waals surface area (Å²) in [6.07, 6.45) is -0.198. The van der Waals surface area contributed by atoms with Crippen molar-refractivity contribution in [3.63, 3.8) is 0 Å². The molecular weight excluding hydrogens is 466 g/mol. The topological polar surface area (TPSA) is 166 Å². The average Bonchev–Trinajstić information content (AvgIpc) is 2.79. The molecule has 0 aliphatic carbocycles. The van der Waals surface area contributed by atoms with Gasteiger partial charge in [0.25, 0.3) is 0 Å². The summed E-state index contributed by atoms with van der Waals surface area (Å²) >= 11 is 1.30. The quantitative estimate of drug-likeness (QED) is 0.144. The van der Waals surface area contributed by atoms with E-state index in [0.29, 0.717) is 25.4 Å². The molecule has 0 fully saturated rings. The SMILES string of the molecule is CCOCCNC(=O)[C@H](CO)NC(=O)[C@@H](N)CSC[C@@H](CCOC(=O)C(C)C)OC(=O)C(C)C. The highest BCUT2D eigenvalue weighted by molar-refractivity contribution is 7.99. The van der Waals surface area contributed by atoms with Crippen LogP contribution in [0, 0.1) is 11.8 Å². The van der Waals surface area contributed by atoms with Gasteiger partial charge in [-0.15, -0.1) is 0 Å². The molecule has 11 nitrogen and oxygen atoms in total. The Morgan fingerprint density at radius 2 is 1.62 bits per heavy atom. The third-order valence-electron chi connectivity index (χ3n) is 4.41. The Morgan fingerprint density at radius 1 is 0.971 bits per heavy atom. The molecule has 0 heterocycles. The molecule has 12 heteroatoms. The lowest BCUT2D eigenvalue weighted by molar-refractivity contribution is -0.154. The summed E-state index contributed by atoms with van der Waals surface area (Å²) in [6.45, 7) is 9.35. The van der Waals surface area contributed by atoms with E-state index in [-0.39, 0.29) is 42.7 Å². The van der Waals surface area contributed by atoms with Gasteiger partial charge in [0, 0.05) is 31.1 Å². The van der Waals surface area contributed by atoms with Gasteiger partial charge in [0.1, 0.15) is 12.1 Å². The van der Waals surface area contributed by atoms with Crippen LogP contribution < -0.4 is 16.4 Å². The van der Waals surface area contributed by atoms with Crippen molar-refractivity contribution in [3.8, 4) is 0 Å². The number of aliphatic hydroxyl groups excluding tert-OH is 1. The van der Waals surface area contributed by atoms with E-state index in [4.69, 9.17) is 19.9 Å². The highest BCUT2D eigenvalue weighted by atomic mass is 32.2. The zero-order valence-corrected chi connectivity index (χ0v) is 21.7. The summed E-state index contributed by atoms with van der Waals surface area (Å²) in [5, 5.41) is 14.4. The summed E-state index contributed by atoms with van der Waals surface area (Å²) in [6, 6.07) is -2.07. The number of nitrogens with two attached hydrogens (primary N) is 1. The van der Waals surface area contributed by atoms with E-state index < -0.39 is 36.6 Å². The number of aliphatic hydroxyl groups is 1. The minimum atomic E-state index is -1.12. The molecule has 0 aromatic heterocycles. The van der Waals surface area contributed by atoms with Crippen molar-refractivity contribution >= 4 is 35.5 Å². The Morgan fingerprint density at radius 3 is 2.18 bits per heavy atom. The molecule has 0 spiro atoms. The van der Waals surface area contributed by atoms with Gasteiger partial charge in [-0.1, -0.05) is 27.7 Å². The Bertz CT molecular complexity index is 633. The molecule has 0 rings (SSSR count). The number of esters is 2. The lowest BCUT2D eigenvalue weighted by Crippen LogP contribution is -2.54. The molecule has 0 aliphatic rings. The molecule has 0 aromatic carbocycles. The molecule has 0 radical (unpaired) electrons. The first-order valence-corrected chi connectivity index (χ1v) is 12.7. The van der Waals surface area contributed by atoms with Crippen LogP contribution in [0.1, 0.15) is 41.0 Å². The summed E-state index contributed by atoms with van der Waals surface area (Å²) < 4.78 is 15.8. The molecule has 0 saturated carbocycles. The lowest BCUT2D eigenvalue weighted by Gasteiger charge is -2.21. The molecule has 198 valence electrons. The van der Waals surface area contributed by atoms with E-state index in [2.05, 4.69) is 10.6 Å². The second kappa shape index (κ2) is 18.4. The van der Waals surface area contributed by atoms with Crippen molar-refractivity contribution in [1.29, 1.82) is 0 Å². The van der Waals surface area contributed by atoms with Crippen LogP contribution in [0.3, 0.4) is 0 Å². The number of nitrogens with one attached hydrogen (secondary N) is 2. The van der Waals surface area contributed by atoms with Crippen LogP contribution in [-0.2, 0) is 33.4 Å². The maximum Gasteiger partial charge on any atom is 0.308 e. The molecule has 0 aliphatic heterocycles. The van der Waals surface area contributed by atoms with Gasteiger partial charge in [0.05, 0.1) is 37.7 Å². The van der Waals surface area contributed by atoms with Crippen LogP contribution in [0.2, 0.25) is 0 Å². The number of thioether (sulfide) groups is 1. The molecule has 3 atom stereocenters. The third-order valence-corrected chi connectivity index (χ3v) is 5.62. The summed E-state index contributed by atoms with van der Waals surface area (Å²) in [5.41, 5.74) is 5.93. The molecule has 0 saturated heterocycles. The largest absolute Gasteiger partial charge is 0.465 e. The normalized spacial score (nSPS) is 13.8. The van der Waals surface area contributed by atoms with E-state index in [9.17, 15) is 24.3 Å². The van der Waals surface area contributed by atoms with E-state index in [1.165, 1.54) is 11.8 Å². The first kappa shape index (κ1) is 32.1. The van der Waals surface area contributed by atoms with Gasteiger partial charge < -0.3 is 35.7 Å². The molecule has 34 heavy (non-hydrogen) atoms. The van der Waals surface area contributed by atoms with Crippen molar-refractivity contribution in [2.75, 3.05) is 44.5 Å². The standard InChI is InChI=1S/C22H41N3O8S/c1-6-31-10-8-24-20(28)18(11-26)25-19(27)17(23)13-34-12-16(33-22(30)15(4)5)7-9-32-21(29)14(2)3/h14-18,26H,6-13,23H2,1-5H3,(H,24,28)(H,25,27)/t16-,17+,18+/m1/s1. The molecular formula is C22H41N3O8S. The fourth-order valence-electron chi connectivity index (χ4n) is 2.32. The molecule has 0 aromatic rings. The number of ether oxygens (including phenoxy) is 3. The summed E-state index contributed by atoms with van der Waals surface area (Å²) in [7, 11) is 0. The minimum absolute atomic E-state index is 0.108. The van der Waals surface area contributed by atoms with Gasteiger partial charge >= 0.3 is 11.9 Å². The molecule has 2 amide bonds. The van der Waals surface area contributed by atoms with Crippen LogP contribution in [0.25, 0.3) is 0 Å². The Labute approximate surface area is 206 Å². The fourth-order valence-corrected chi connectivity index (χ4v) is 3.36. The predicted molar refractivity (Wildman–Crippen MR) is 129 cm³/mol. The van der Waals surface area contributed by atoms with Gasteiger partial charge in [0.15, 0.2) is 0 Å². The fraction of sp³-hybridized carbons (Fsp3) is 0.818. The van der Waals surface area contributed by atoms with Gasteiger partial charge in [-0.25, -0.2) is 0 Å². The summed E-state index contributed by atoms with van der Waals surface area (Å²) in [4.78, 5) is 48.0. The van der Waals surface area contributed by atoms with E-state index in [1.807, 2.05) is 6.92 Å². The first-order chi connectivity index (χ1) is 16.0. The third kappa shape index (κ3) is 14.4. The Kier molecular flexibility index (Phi) is 17.4. The number of hydrogen-bond donors (Lipinski definition) is 4. The average molecular weight is 508 g/mol. The summed E-state index contributed by atoms with van der Waals surface area (Å²) in [5.74, 6) is -1.85. The van der Waals surface area contributed by atoms with Crippen LogP contribution in [0.15, 0.2) is 0 Å². The highest BCUT2D eigenvalue weighted by Gasteiger charge is 2.24. The van der Waals surface area contributed by atoms with Crippen molar-refractivity contribution in [2.24, 2.45) is 17.6 Å². The van der Waals surface area contributed by atoms with E-state index in [0.717, 1.165) is 0 Å².